The van der Waals surface area contributed by atoms with Gasteiger partial charge in [-0.3, -0.25) is 9.78 Å². The number of nitrogens with zero attached hydrogens (tertiary/aromatic N) is 2. The van der Waals surface area contributed by atoms with E-state index in [9.17, 15) is 10.1 Å². The molecule has 3 aromatic rings. The highest BCUT2D eigenvalue weighted by atomic mass is 35.5. The second kappa shape index (κ2) is 9.81. The monoisotopic (exact) mass is 488 g/mol. The van der Waals surface area contributed by atoms with Gasteiger partial charge in [0.15, 0.2) is 5.78 Å². The van der Waals surface area contributed by atoms with Crippen molar-refractivity contribution in [3.8, 4) is 28.7 Å². The molecule has 1 fully saturated rings. The lowest BCUT2D eigenvalue weighted by Gasteiger charge is -2.45. The largest absolute Gasteiger partial charge is 0.454 e. The number of hydrogen-bond acceptors (Lipinski definition) is 5. The minimum atomic E-state index is -0.259. The molecule has 0 unspecified atom stereocenters. The average molecular weight is 489 g/mol. The predicted octanol–water partition coefficient (Wildman–Crippen LogP) is 7.62. The summed E-state index contributed by atoms with van der Waals surface area (Å²) in [5.41, 5.74) is 2.05. The smallest absolute Gasteiger partial charge is 0.163 e. The predicted molar refractivity (Wildman–Crippen MR) is 137 cm³/mol. The average Bonchev–Trinajstić information content (AvgIpc) is 2.78. The number of ether oxygens (including phenoxy) is 2. The second-order valence-corrected chi connectivity index (χ2v) is 10.7. The van der Waals surface area contributed by atoms with Crippen LogP contribution in [0.4, 0.5) is 0 Å². The summed E-state index contributed by atoms with van der Waals surface area (Å²) in [5.74, 6) is 1.08. The van der Waals surface area contributed by atoms with Crippen molar-refractivity contribution in [3.63, 3.8) is 0 Å². The molecule has 1 saturated heterocycles. The van der Waals surface area contributed by atoms with Gasteiger partial charge in [-0.2, -0.15) is 5.26 Å². The lowest BCUT2D eigenvalue weighted by atomic mass is 9.78. The van der Waals surface area contributed by atoms with Crippen molar-refractivity contribution >= 4 is 17.4 Å². The Labute approximate surface area is 211 Å². The Morgan fingerprint density at radius 3 is 2.40 bits per heavy atom. The van der Waals surface area contributed by atoms with E-state index in [1.54, 1.807) is 36.7 Å². The third-order valence-corrected chi connectivity index (χ3v) is 6.49. The van der Waals surface area contributed by atoms with Gasteiger partial charge in [-0.05, 0) is 88.4 Å². The molecule has 4 rings (SSSR count). The molecule has 180 valence electrons. The molecule has 0 aliphatic carbocycles. The van der Waals surface area contributed by atoms with Gasteiger partial charge in [-0.15, -0.1) is 0 Å². The summed E-state index contributed by atoms with van der Waals surface area (Å²) in [5, 5.41) is 10.1. The molecule has 6 heteroatoms. The SMILES string of the molecule is CC1(C)CC(CC(=O)c2ccc(Oc3cccc(-c4ccncc4)c3C#N)c(Cl)c2)CC(C)(C)O1. The summed E-state index contributed by atoms with van der Waals surface area (Å²) in [6.07, 6.45) is 5.47. The van der Waals surface area contributed by atoms with Crippen LogP contribution in [0.25, 0.3) is 11.1 Å². The number of carbonyl (C=O) groups is 1. The Bertz CT molecular complexity index is 1260. The number of Topliss-reactive ketones (excluding diaryl/α,β-unsaturated/α-hetero) is 1. The van der Waals surface area contributed by atoms with Crippen LogP contribution in [0.5, 0.6) is 11.5 Å². The molecular weight excluding hydrogens is 460 g/mol. The molecule has 0 N–H and O–H groups in total. The van der Waals surface area contributed by atoms with Crippen molar-refractivity contribution in [2.24, 2.45) is 5.92 Å². The summed E-state index contributed by atoms with van der Waals surface area (Å²) < 4.78 is 12.2. The molecule has 0 amide bonds. The van der Waals surface area contributed by atoms with E-state index in [-0.39, 0.29) is 22.9 Å². The topological polar surface area (TPSA) is 72.2 Å². The summed E-state index contributed by atoms with van der Waals surface area (Å²) in [6.45, 7) is 8.31. The molecule has 2 heterocycles. The lowest BCUT2D eigenvalue weighted by Crippen LogP contribution is -2.45. The Morgan fingerprint density at radius 1 is 1.09 bits per heavy atom. The van der Waals surface area contributed by atoms with Crippen LogP contribution in [0.3, 0.4) is 0 Å². The highest BCUT2D eigenvalue weighted by Gasteiger charge is 2.39. The number of ketones is 1. The molecule has 2 aromatic carbocycles. The molecule has 1 aliphatic rings. The van der Waals surface area contributed by atoms with E-state index in [1.165, 1.54) is 0 Å². The van der Waals surface area contributed by atoms with Gasteiger partial charge in [0.05, 0.1) is 16.2 Å². The maximum Gasteiger partial charge on any atom is 0.163 e. The van der Waals surface area contributed by atoms with E-state index in [4.69, 9.17) is 21.1 Å². The quantitative estimate of drug-likeness (QED) is 0.333. The van der Waals surface area contributed by atoms with Crippen LogP contribution in [-0.4, -0.2) is 22.0 Å². The molecule has 1 aliphatic heterocycles. The van der Waals surface area contributed by atoms with Crippen LogP contribution in [0.2, 0.25) is 5.02 Å². The zero-order chi connectivity index (χ0) is 25.2. The second-order valence-electron chi connectivity index (χ2n) is 10.3. The standard InChI is InChI=1S/C29H29ClN2O3/c1-28(2)16-19(17-29(3,4)35-28)14-25(33)21-8-9-27(24(30)15-21)34-26-7-5-6-22(23(26)18-31)20-10-12-32-13-11-20/h5-13,15,19H,14,16-17H2,1-4H3. The fourth-order valence-electron chi connectivity index (χ4n) is 5.20. The first-order valence-corrected chi connectivity index (χ1v) is 12.1. The van der Waals surface area contributed by atoms with Gasteiger partial charge in [0.25, 0.3) is 0 Å². The number of benzene rings is 2. The summed E-state index contributed by atoms with van der Waals surface area (Å²) in [4.78, 5) is 17.1. The first-order chi connectivity index (χ1) is 16.6. The number of carbonyl (C=O) groups excluding carboxylic acids is 1. The van der Waals surface area contributed by atoms with Crippen molar-refractivity contribution in [2.45, 2.75) is 58.2 Å². The number of pyridine rings is 1. The van der Waals surface area contributed by atoms with Gasteiger partial charge < -0.3 is 9.47 Å². The van der Waals surface area contributed by atoms with Crippen molar-refractivity contribution in [1.29, 1.82) is 5.26 Å². The molecule has 0 spiro atoms. The Morgan fingerprint density at radius 2 is 1.77 bits per heavy atom. The van der Waals surface area contributed by atoms with Crippen LogP contribution in [-0.2, 0) is 4.74 Å². The van der Waals surface area contributed by atoms with Crippen LogP contribution in [0, 0.1) is 17.2 Å². The van der Waals surface area contributed by atoms with Crippen molar-refractivity contribution in [2.75, 3.05) is 0 Å². The van der Waals surface area contributed by atoms with Crippen LogP contribution in [0.15, 0.2) is 60.9 Å². The third kappa shape index (κ3) is 5.90. The van der Waals surface area contributed by atoms with Crippen LogP contribution >= 0.6 is 11.6 Å². The molecular formula is C29H29ClN2O3. The van der Waals surface area contributed by atoms with E-state index in [0.717, 1.165) is 24.0 Å². The van der Waals surface area contributed by atoms with E-state index >= 15 is 0 Å². The summed E-state index contributed by atoms with van der Waals surface area (Å²) in [6, 6.07) is 16.4. The van der Waals surface area contributed by atoms with Gasteiger partial charge in [0.2, 0.25) is 0 Å². The normalized spacial score (nSPS) is 16.9. The third-order valence-electron chi connectivity index (χ3n) is 6.19. The minimum Gasteiger partial charge on any atom is -0.454 e. The maximum absolute atomic E-state index is 13.1. The first kappa shape index (κ1) is 24.9. The van der Waals surface area contributed by atoms with Crippen molar-refractivity contribution in [1.82, 2.24) is 4.98 Å². The van der Waals surface area contributed by atoms with Gasteiger partial charge in [0.1, 0.15) is 23.1 Å². The highest BCUT2D eigenvalue weighted by Crippen LogP contribution is 2.41. The number of rotatable bonds is 6. The molecule has 1 aromatic heterocycles. The number of hydrogen-bond donors (Lipinski definition) is 0. The van der Waals surface area contributed by atoms with E-state index < -0.39 is 0 Å². The van der Waals surface area contributed by atoms with E-state index in [1.807, 2.05) is 24.3 Å². The van der Waals surface area contributed by atoms with Gasteiger partial charge in [0, 0.05) is 29.9 Å². The molecule has 0 saturated carbocycles. The summed E-state index contributed by atoms with van der Waals surface area (Å²) in [7, 11) is 0. The Hall–Kier alpha value is -3.20. The lowest BCUT2D eigenvalue weighted by molar-refractivity contribution is -0.171. The van der Waals surface area contributed by atoms with Gasteiger partial charge >= 0.3 is 0 Å². The van der Waals surface area contributed by atoms with Crippen molar-refractivity contribution < 1.29 is 14.3 Å². The fourth-order valence-corrected chi connectivity index (χ4v) is 5.42. The van der Waals surface area contributed by atoms with E-state index in [2.05, 4.69) is 38.7 Å². The highest BCUT2D eigenvalue weighted by molar-refractivity contribution is 6.32. The molecule has 5 nitrogen and oxygen atoms in total. The zero-order valence-electron chi connectivity index (χ0n) is 20.5. The Kier molecular flexibility index (Phi) is 6.98. The maximum atomic E-state index is 13.1. The van der Waals surface area contributed by atoms with Crippen LogP contribution in [0.1, 0.15) is 62.9 Å². The Balaban J connectivity index is 1.53. The zero-order valence-corrected chi connectivity index (χ0v) is 21.2. The van der Waals surface area contributed by atoms with Crippen LogP contribution < -0.4 is 4.74 Å². The number of halogens is 1. The molecule has 0 bridgehead atoms. The summed E-state index contributed by atoms with van der Waals surface area (Å²) >= 11 is 6.52. The van der Waals surface area contributed by atoms with Crippen molar-refractivity contribution in [3.05, 3.63) is 77.1 Å². The van der Waals surface area contributed by atoms with E-state index in [0.29, 0.717) is 34.1 Å². The first-order valence-electron chi connectivity index (χ1n) is 11.7. The van der Waals surface area contributed by atoms with Gasteiger partial charge in [-0.1, -0.05) is 23.7 Å². The fraction of sp³-hybridized carbons (Fsp3) is 0.345. The molecule has 35 heavy (non-hydrogen) atoms. The molecule has 0 radical (unpaired) electrons. The van der Waals surface area contributed by atoms with Gasteiger partial charge in [-0.25, -0.2) is 0 Å². The molecule has 0 atom stereocenters. The number of aromatic nitrogens is 1. The minimum absolute atomic E-state index is 0.0503. The number of nitriles is 1.